The minimum absolute atomic E-state index is 0.0924. The quantitative estimate of drug-likeness (QED) is 0.787. The van der Waals surface area contributed by atoms with Gasteiger partial charge in [-0.3, -0.25) is 0 Å². The van der Waals surface area contributed by atoms with Crippen LogP contribution in [0.5, 0.6) is 5.75 Å². The molecule has 0 aromatic heterocycles. The van der Waals surface area contributed by atoms with Gasteiger partial charge in [-0.05, 0) is 25.5 Å². The first kappa shape index (κ1) is 14.0. The highest BCUT2D eigenvalue weighted by atomic mass is 16.5. The average Bonchev–Trinajstić information content (AvgIpc) is 2.26. The SMILES string of the molecule is COCC(O)COc1cc(C)ccc1C(C)N. The molecule has 0 spiro atoms. The first-order valence-corrected chi connectivity index (χ1v) is 5.70. The summed E-state index contributed by atoms with van der Waals surface area (Å²) in [5.74, 6) is 0.732. The summed E-state index contributed by atoms with van der Waals surface area (Å²) in [5, 5.41) is 9.53. The van der Waals surface area contributed by atoms with Crippen LogP contribution in [0.2, 0.25) is 0 Å². The van der Waals surface area contributed by atoms with Gasteiger partial charge in [0.25, 0.3) is 0 Å². The van der Waals surface area contributed by atoms with Crippen LogP contribution < -0.4 is 10.5 Å². The lowest BCUT2D eigenvalue weighted by Gasteiger charge is -2.16. The van der Waals surface area contributed by atoms with Crippen LogP contribution in [0, 0.1) is 6.92 Å². The predicted octanol–water partition coefficient (Wildman–Crippen LogP) is 1.40. The molecule has 4 heteroatoms. The van der Waals surface area contributed by atoms with Gasteiger partial charge in [0.05, 0.1) is 6.61 Å². The highest BCUT2D eigenvalue weighted by Gasteiger charge is 2.10. The molecule has 0 saturated heterocycles. The molecule has 0 bridgehead atoms. The van der Waals surface area contributed by atoms with Crippen molar-refractivity contribution >= 4 is 0 Å². The van der Waals surface area contributed by atoms with Gasteiger partial charge in [0, 0.05) is 18.7 Å². The van der Waals surface area contributed by atoms with Crippen LogP contribution in [0.15, 0.2) is 18.2 Å². The van der Waals surface area contributed by atoms with Crippen molar-refractivity contribution in [3.63, 3.8) is 0 Å². The second kappa shape index (κ2) is 6.59. The Kier molecular flexibility index (Phi) is 5.41. The average molecular weight is 239 g/mol. The summed E-state index contributed by atoms with van der Waals surface area (Å²) in [4.78, 5) is 0. The number of rotatable bonds is 6. The monoisotopic (exact) mass is 239 g/mol. The molecule has 2 atom stereocenters. The van der Waals surface area contributed by atoms with Crippen molar-refractivity contribution in [3.8, 4) is 5.75 Å². The fourth-order valence-electron chi connectivity index (χ4n) is 1.57. The number of aryl methyl sites for hydroxylation is 1. The molecule has 0 radical (unpaired) electrons. The molecule has 3 N–H and O–H groups in total. The highest BCUT2D eigenvalue weighted by molar-refractivity contribution is 5.38. The van der Waals surface area contributed by atoms with Crippen molar-refractivity contribution in [2.75, 3.05) is 20.3 Å². The molecule has 1 rings (SSSR count). The van der Waals surface area contributed by atoms with Crippen molar-refractivity contribution in [2.45, 2.75) is 26.0 Å². The maximum Gasteiger partial charge on any atom is 0.124 e. The zero-order valence-electron chi connectivity index (χ0n) is 10.6. The topological polar surface area (TPSA) is 64.7 Å². The van der Waals surface area contributed by atoms with Crippen molar-refractivity contribution in [1.29, 1.82) is 0 Å². The second-order valence-corrected chi connectivity index (χ2v) is 4.25. The molecular weight excluding hydrogens is 218 g/mol. The fourth-order valence-corrected chi connectivity index (χ4v) is 1.57. The van der Waals surface area contributed by atoms with Gasteiger partial charge in [-0.1, -0.05) is 12.1 Å². The number of methoxy groups -OCH3 is 1. The Morgan fingerprint density at radius 2 is 2.06 bits per heavy atom. The molecule has 0 fully saturated rings. The van der Waals surface area contributed by atoms with Crippen LogP contribution in [0.4, 0.5) is 0 Å². The molecule has 4 nitrogen and oxygen atoms in total. The number of hydrogen-bond acceptors (Lipinski definition) is 4. The molecule has 96 valence electrons. The maximum atomic E-state index is 9.53. The van der Waals surface area contributed by atoms with E-state index in [1.165, 1.54) is 0 Å². The van der Waals surface area contributed by atoms with E-state index in [-0.39, 0.29) is 19.3 Å². The summed E-state index contributed by atoms with van der Waals surface area (Å²) in [6.07, 6.45) is -0.624. The molecule has 2 unspecified atom stereocenters. The van der Waals surface area contributed by atoms with Crippen LogP contribution in [0.3, 0.4) is 0 Å². The normalized spacial score (nSPS) is 14.4. The van der Waals surface area contributed by atoms with Crippen LogP contribution in [0.25, 0.3) is 0 Å². The lowest BCUT2D eigenvalue weighted by Crippen LogP contribution is -2.23. The van der Waals surface area contributed by atoms with Gasteiger partial charge >= 0.3 is 0 Å². The third-order valence-electron chi connectivity index (χ3n) is 2.45. The van der Waals surface area contributed by atoms with E-state index in [0.29, 0.717) is 0 Å². The lowest BCUT2D eigenvalue weighted by molar-refractivity contribution is 0.0322. The van der Waals surface area contributed by atoms with Gasteiger partial charge < -0.3 is 20.3 Å². The van der Waals surface area contributed by atoms with Gasteiger partial charge in [0.2, 0.25) is 0 Å². The molecule has 17 heavy (non-hydrogen) atoms. The van der Waals surface area contributed by atoms with Crippen molar-refractivity contribution in [3.05, 3.63) is 29.3 Å². The molecule has 0 heterocycles. The van der Waals surface area contributed by atoms with E-state index in [2.05, 4.69) is 0 Å². The molecule has 1 aromatic carbocycles. The van der Waals surface area contributed by atoms with Gasteiger partial charge in [-0.2, -0.15) is 0 Å². The van der Waals surface area contributed by atoms with E-state index >= 15 is 0 Å². The number of ether oxygens (including phenoxy) is 2. The number of aliphatic hydroxyl groups is 1. The molecule has 0 aliphatic heterocycles. The van der Waals surface area contributed by atoms with Crippen molar-refractivity contribution in [2.24, 2.45) is 5.73 Å². The fraction of sp³-hybridized carbons (Fsp3) is 0.538. The second-order valence-electron chi connectivity index (χ2n) is 4.25. The summed E-state index contributed by atoms with van der Waals surface area (Å²) in [7, 11) is 1.54. The summed E-state index contributed by atoms with van der Waals surface area (Å²) in [6, 6.07) is 5.79. The standard InChI is InChI=1S/C13H21NO3/c1-9-4-5-12(10(2)14)13(6-9)17-8-11(15)7-16-3/h4-6,10-11,15H,7-8,14H2,1-3H3. The van der Waals surface area contributed by atoms with Gasteiger partial charge in [0.1, 0.15) is 18.5 Å². The van der Waals surface area contributed by atoms with Crippen LogP contribution >= 0.6 is 0 Å². The number of benzene rings is 1. The first-order valence-electron chi connectivity index (χ1n) is 5.70. The molecular formula is C13H21NO3. The Labute approximate surface area is 102 Å². The summed E-state index contributed by atoms with van der Waals surface area (Å²) in [5.41, 5.74) is 7.91. The number of hydrogen-bond donors (Lipinski definition) is 2. The number of nitrogens with two attached hydrogens (primary N) is 1. The minimum atomic E-state index is -0.624. The molecule has 0 aliphatic carbocycles. The smallest absolute Gasteiger partial charge is 0.124 e. The molecule has 0 amide bonds. The zero-order valence-corrected chi connectivity index (χ0v) is 10.6. The predicted molar refractivity (Wildman–Crippen MR) is 67.2 cm³/mol. The Bertz CT molecular complexity index is 353. The Balaban J connectivity index is 2.71. The van der Waals surface area contributed by atoms with Crippen LogP contribution in [-0.2, 0) is 4.74 Å². The Hall–Kier alpha value is -1.10. The van der Waals surface area contributed by atoms with E-state index in [4.69, 9.17) is 15.2 Å². The van der Waals surface area contributed by atoms with Gasteiger partial charge in [0.15, 0.2) is 0 Å². The largest absolute Gasteiger partial charge is 0.490 e. The summed E-state index contributed by atoms with van der Waals surface area (Å²) in [6.45, 7) is 4.36. The van der Waals surface area contributed by atoms with Crippen LogP contribution in [-0.4, -0.2) is 31.5 Å². The Morgan fingerprint density at radius 1 is 1.35 bits per heavy atom. The third-order valence-corrected chi connectivity index (χ3v) is 2.45. The lowest BCUT2D eigenvalue weighted by atomic mass is 10.1. The highest BCUT2D eigenvalue weighted by Crippen LogP contribution is 2.25. The van der Waals surface area contributed by atoms with Crippen molar-refractivity contribution in [1.82, 2.24) is 0 Å². The van der Waals surface area contributed by atoms with E-state index in [0.717, 1.165) is 16.9 Å². The molecule has 1 aromatic rings. The minimum Gasteiger partial charge on any atom is -0.490 e. The van der Waals surface area contributed by atoms with E-state index in [1.54, 1.807) is 7.11 Å². The Morgan fingerprint density at radius 3 is 2.65 bits per heavy atom. The maximum absolute atomic E-state index is 9.53. The molecule has 0 saturated carbocycles. The number of aliphatic hydroxyl groups excluding tert-OH is 1. The van der Waals surface area contributed by atoms with Gasteiger partial charge in [-0.25, -0.2) is 0 Å². The van der Waals surface area contributed by atoms with E-state index in [1.807, 2.05) is 32.0 Å². The van der Waals surface area contributed by atoms with Gasteiger partial charge in [-0.15, -0.1) is 0 Å². The van der Waals surface area contributed by atoms with Crippen molar-refractivity contribution < 1.29 is 14.6 Å². The van der Waals surface area contributed by atoms with E-state index < -0.39 is 6.10 Å². The summed E-state index contributed by atoms with van der Waals surface area (Å²) < 4.78 is 10.4. The van der Waals surface area contributed by atoms with E-state index in [9.17, 15) is 5.11 Å². The van der Waals surface area contributed by atoms with Crippen LogP contribution in [0.1, 0.15) is 24.1 Å². The molecule has 0 aliphatic rings. The zero-order chi connectivity index (χ0) is 12.8. The third kappa shape index (κ3) is 4.34. The summed E-state index contributed by atoms with van der Waals surface area (Å²) >= 11 is 0. The first-order chi connectivity index (χ1) is 8.04.